The van der Waals surface area contributed by atoms with Crippen molar-refractivity contribution in [1.29, 1.82) is 0 Å². The lowest BCUT2D eigenvalue weighted by atomic mass is 10.1. The van der Waals surface area contributed by atoms with Gasteiger partial charge in [0.2, 0.25) is 0 Å². The van der Waals surface area contributed by atoms with Gasteiger partial charge in [-0.15, -0.1) is 0 Å². The molecule has 0 N–H and O–H groups in total. The Morgan fingerprint density at radius 3 is 2.76 bits per heavy atom. The SMILES string of the molecule is BrCCCCCCc1ccc2cccnc2n1. The molecule has 0 atom stereocenters. The molecular weight excluding hydrogens is 276 g/mol. The molecule has 0 aliphatic rings. The number of aromatic nitrogens is 2. The smallest absolute Gasteiger partial charge is 0.159 e. The molecule has 2 nitrogen and oxygen atoms in total. The Morgan fingerprint density at radius 1 is 1.00 bits per heavy atom. The molecule has 0 fully saturated rings. The highest BCUT2D eigenvalue weighted by Gasteiger charge is 1.99. The Bertz CT molecular complexity index is 470. The predicted molar refractivity (Wildman–Crippen MR) is 75.5 cm³/mol. The van der Waals surface area contributed by atoms with Crippen LogP contribution in [-0.2, 0) is 6.42 Å². The summed E-state index contributed by atoms with van der Waals surface area (Å²) in [5, 5.41) is 2.24. The number of nitrogens with zero attached hydrogens (tertiary/aromatic N) is 2. The molecule has 2 aromatic heterocycles. The Balaban J connectivity index is 1.90. The highest BCUT2D eigenvalue weighted by Crippen LogP contribution is 2.12. The third-order valence-corrected chi connectivity index (χ3v) is 3.40. The van der Waals surface area contributed by atoms with Crippen molar-refractivity contribution in [2.45, 2.75) is 32.1 Å². The summed E-state index contributed by atoms with van der Waals surface area (Å²) in [6, 6.07) is 8.23. The zero-order valence-corrected chi connectivity index (χ0v) is 11.5. The van der Waals surface area contributed by atoms with Crippen LogP contribution in [0, 0.1) is 0 Å². The first-order valence-corrected chi connectivity index (χ1v) is 7.29. The number of unbranched alkanes of at least 4 members (excludes halogenated alkanes) is 3. The van der Waals surface area contributed by atoms with Gasteiger partial charge in [0.25, 0.3) is 0 Å². The molecule has 2 aromatic rings. The third kappa shape index (κ3) is 3.77. The minimum atomic E-state index is 0.866. The van der Waals surface area contributed by atoms with Crippen molar-refractivity contribution < 1.29 is 0 Å². The number of halogens is 1. The van der Waals surface area contributed by atoms with E-state index in [4.69, 9.17) is 0 Å². The number of fused-ring (bicyclic) bond motifs is 1. The maximum atomic E-state index is 4.57. The van der Waals surface area contributed by atoms with Crippen molar-refractivity contribution in [1.82, 2.24) is 9.97 Å². The second kappa shape index (κ2) is 6.70. The van der Waals surface area contributed by atoms with E-state index in [0.29, 0.717) is 0 Å². The Kier molecular flexibility index (Phi) is 4.92. The Hall–Kier alpha value is -0.960. The van der Waals surface area contributed by atoms with Gasteiger partial charge in [0.15, 0.2) is 5.65 Å². The lowest BCUT2D eigenvalue weighted by Gasteiger charge is -2.02. The van der Waals surface area contributed by atoms with Crippen LogP contribution in [0.1, 0.15) is 31.4 Å². The van der Waals surface area contributed by atoms with E-state index in [0.717, 1.165) is 28.5 Å². The van der Waals surface area contributed by atoms with E-state index in [1.165, 1.54) is 25.7 Å². The van der Waals surface area contributed by atoms with Crippen molar-refractivity contribution in [3.63, 3.8) is 0 Å². The van der Waals surface area contributed by atoms with Gasteiger partial charge in [-0.2, -0.15) is 0 Å². The second-order valence-electron chi connectivity index (χ2n) is 4.21. The van der Waals surface area contributed by atoms with Crippen LogP contribution in [-0.4, -0.2) is 15.3 Å². The lowest BCUT2D eigenvalue weighted by molar-refractivity contribution is 0.666. The van der Waals surface area contributed by atoms with E-state index in [1.807, 2.05) is 6.07 Å². The van der Waals surface area contributed by atoms with Gasteiger partial charge < -0.3 is 0 Å². The largest absolute Gasteiger partial charge is 0.237 e. The number of hydrogen-bond donors (Lipinski definition) is 0. The molecule has 0 bridgehead atoms. The van der Waals surface area contributed by atoms with Gasteiger partial charge in [-0.3, -0.25) is 0 Å². The van der Waals surface area contributed by atoms with Gasteiger partial charge >= 0.3 is 0 Å². The van der Waals surface area contributed by atoms with Crippen molar-refractivity contribution in [2.24, 2.45) is 0 Å². The predicted octanol–water partition coefficient (Wildman–Crippen LogP) is 4.13. The normalized spacial score (nSPS) is 10.9. The van der Waals surface area contributed by atoms with Gasteiger partial charge in [-0.05, 0) is 43.5 Å². The molecule has 0 saturated carbocycles. The van der Waals surface area contributed by atoms with E-state index in [2.05, 4.69) is 44.1 Å². The molecule has 17 heavy (non-hydrogen) atoms. The highest BCUT2D eigenvalue weighted by atomic mass is 79.9. The minimum Gasteiger partial charge on any atom is -0.237 e. The maximum Gasteiger partial charge on any atom is 0.159 e. The second-order valence-corrected chi connectivity index (χ2v) is 5.00. The van der Waals surface area contributed by atoms with Gasteiger partial charge in [0, 0.05) is 22.6 Å². The van der Waals surface area contributed by atoms with Crippen LogP contribution in [0.2, 0.25) is 0 Å². The van der Waals surface area contributed by atoms with Crippen LogP contribution in [0.4, 0.5) is 0 Å². The quantitative estimate of drug-likeness (QED) is 0.591. The number of rotatable bonds is 6. The molecule has 0 saturated heterocycles. The standard InChI is InChI=1S/C14H17BrN2/c15-10-4-2-1-3-7-13-9-8-12-6-5-11-16-14(12)17-13/h5-6,8-9,11H,1-4,7,10H2. The summed E-state index contributed by atoms with van der Waals surface area (Å²) in [7, 11) is 0. The summed E-state index contributed by atoms with van der Waals surface area (Å²) < 4.78 is 0. The average molecular weight is 293 g/mol. The van der Waals surface area contributed by atoms with Gasteiger partial charge in [-0.1, -0.05) is 28.8 Å². The molecule has 0 amide bonds. The molecule has 0 aliphatic heterocycles. The molecule has 3 heteroatoms. The fourth-order valence-corrected chi connectivity index (χ4v) is 2.28. The minimum absolute atomic E-state index is 0.866. The summed E-state index contributed by atoms with van der Waals surface area (Å²) in [4.78, 5) is 8.85. The molecule has 0 unspecified atom stereocenters. The van der Waals surface area contributed by atoms with E-state index in [-0.39, 0.29) is 0 Å². The zero-order chi connectivity index (χ0) is 11.9. The first-order chi connectivity index (χ1) is 8.40. The van der Waals surface area contributed by atoms with Crippen LogP contribution in [0.3, 0.4) is 0 Å². The van der Waals surface area contributed by atoms with Crippen LogP contribution in [0.25, 0.3) is 11.0 Å². The van der Waals surface area contributed by atoms with Gasteiger partial charge in [0.1, 0.15) is 0 Å². The van der Waals surface area contributed by atoms with Gasteiger partial charge in [0.05, 0.1) is 0 Å². The molecule has 2 rings (SSSR count). The lowest BCUT2D eigenvalue weighted by Crippen LogP contribution is -1.92. The fraction of sp³-hybridized carbons (Fsp3) is 0.429. The van der Waals surface area contributed by atoms with Crippen molar-refractivity contribution >= 4 is 27.0 Å². The first kappa shape index (κ1) is 12.5. The average Bonchev–Trinajstić information content (AvgIpc) is 2.38. The molecule has 0 aromatic carbocycles. The third-order valence-electron chi connectivity index (χ3n) is 2.84. The maximum absolute atomic E-state index is 4.57. The Labute approximate surface area is 111 Å². The molecule has 2 heterocycles. The van der Waals surface area contributed by atoms with Crippen LogP contribution in [0.15, 0.2) is 30.5 Å². The van der Waals surface area contributed by atoms with E-state index < -0.39 is 0 Å². The molecular formula is C14H17BrN2. The van der Waals surface area contributed by atoms with Crippen molar-refractivity contribution in [3.8, 4) is 0 Å². The Morgan fingerprint density at radius 2 is 1.88 bits per heavy atom. The van der Waals surface area contributed by atoms with E-state index in [1.54, 1.807) is 6.20 Å². The summed E-state index contributed by atoms with van der Waals surface area (Å²) >= 11 is 3.45. The monoisotopic (exact) mass is 292 g/mol. The summed E-state index contributed by atoms with van der Waals surface area (Å²) in [6.45, 7) is 0. The number of alkyl halides is 1. The zero-order valence-electron chi connectivity index (χ0n) is 9.90. The molecule has 0 radical (unpaired) electrons. The molecule has 90 valence electrons. The van der Waals surface area contributed by atoms with Crippen molar-refractivity contribution in [2.75, 3.05) is 5.33 Å². The fourth-order valence-electron chi connectivity index (χ4n) is 1.89. The van der Waals surface area contributed by atoms with Gasteiger partial charge in [-0.25, -0.2) is 9.97 Å². The summed E-state index contributed by atoms with van der Waals surface area (Å²) in [5.41, 5.74) is 2.03. The van der Waals surface area contributed by atoms with Crippen LogP contribution < -0.4 is 0 Å². The van der Waals surface area contributed by atoms with Crippen molar-refractivity contribution in [3.05, 3.63) is 36.2 Å². The van der Waals surface area contributed by atoms with Crippen LogP contribution in [0.5, 0.6) is 0 Å². The molecule has 0 aliphatic carbocycles. The van der Waals surface area contributed by atoms with E-state index >= 15 is 0 Å². The first-order valence-electron chi connectivity index (χ1n) is 6.17. The highest BCUT2D eigenvalue weighted by molar-refractivity contribution is 9.09. The number of aryl methyl sites for hydroxylation is 1. The van der Waals surface area contributed by atoms with E-state index in [9.17, 15) is 0 Å². The summed E-state index contributed by atoms with van der Waals surface area (Å²) in [5.74, 6) is 0. The van der Waals surface area contributed by atoms with Crippen LogP contribution >= 0.6 is 15.9 Å². The number of pyridine rings is 2. The number of hydrogen-bond acceptors (Lipinski definition) is 2. The summed E-state index contributed by atoms with van der Waals surface area (Å²) in [6.07, 6.45) is 7.94. The topological polar surface area (TPSA) is 25.8 Å². The molecule has 0 spiro atoms.